The highest BCUT2D eigenvalue weighted by Crippen LogP contribution is 2.34. The van der Waals surface area contributed by atoms with Crippen molar-refractivity contribution in [2.45, 2.75) is 56.8 Å². The molecule has 1 unspecified atom stereocenters. The summed E-state index contributed by atoms with van der Waals surface area (Å²) in [7, 11) is 3.44. The van der Waals surface area contributed by atoms with Gasteiger partial charge in [0.25, 0.3) is 0 Å². The number of unbranched alkanes of at least 4 members (excludes halogenated alkanes) is 1. The Labute approximate surface area is 165 Å². The highest BCUT2D eigenvalue weighted by Gasteiger charge is 2.05. The lowest BCUT2D eigenvalue weighted by atomic mass is 10.2. The van der Waals surface area contributed by atoms with E-state index in [-0.39, 0.29) is 5.44 Å². The minimum atomic E-state index is -0.411. The van der Waals surface area contributed by atoms with Gasteiger partial charge >= 0.3 is 6.09 Å². The van der Waals surface area contributed by atoms with Gasteiger partial charge in [-0.2, -0.15) is 0 Å². The minimum Gasteiger partial charge on any atom is -0.450 e. The minimum absolute atomic E-state index is 0.118. The highest BCUT2D eigenvalue weighted by molar-refractivity contribution is 8.76. The van der Waals surface area contributed by atoms with E-state index in [1.807, 2.05) is 6.92 Å². The summed E-state index contributed by atoms with van der Waals surface area (Å²) in [6.07, 6.45) is 3.10. The summed E-state index contributed by atoms with van der Waals surface area (Å²) >= 11 is 0. The fraction of sp³-hybridized carbons (Fsp3) is 0.550. The first-order valence-electron chi connectivity index (χ1n) is 9.05. The van der Waals surface area contributed by atoms with Crippen LogP contribution >= 0.6 is 21.6 Å². The number of benzene rings is 1. The molecule has 0 saturated heterocycles. The average Bonchev–Trinajstić information content (AvgIpc) is 2.66. The molecule has 6 heteroatoms. The van der Waals surface area contributed by atoms with Gasteiger partial charge in [0, 0.05) is 17.9 Å². The fourth-order valence-electron chi connectivity index (χ4n) is 1.90. The Kier molecular flexibility index (Phi) is 13.0. The quantitative estimate of drug-likeness (QED) is 0.239. The molecule has 0 aromatic heterocycles. The van der Waals surface area contributed by atoms with Crippen molar-refractivity contribution in [2.24, 2.45) is 0 Å². The van der Waals surface area contributed by atoms with E-state index in [9.17, 15) is 4.79 Å². The highest BCUT2D eigenvalue weighted by atomic mass is 33.1. The Hall–Kier alpha value is -1.29. The number of ether oxygens (including phenoxy) is 2. The van der Waals surface area contributed by atoms with Crippen molar-refractivity contribution in [1.82, 2.24) is 5.32 Å². The molecule has 26 heavy (non-hydrogen) atoms. The number of hydrogen-bond acceptors (Lipinski definition) is 5. The maximum atomic E-state index is 11.4. The molecule has 0 bridgehead atoms. The van der Waals surface area contributed by atoms with Gasteiger partial charge in [-0.1, -0.05) is 53.5 Å². The van der Waals surface area contributed by atoms with Crippen LogP contribution in [-0.4, -0.2) is 31.3 Å². The first-order chi connectivity index (χ1) is 12.7. The molecule has 0 radical (unpaired) electrons. The molecule has 1 N–H and O–H groups in total. The molecule has 0 spiro atoms. The van der Waals surface area contributed by atoms with Gasteiger partial charge in [-0.05, 0) is 43.9 Å². The number of aryl methyl sites for hydroxylation is 1. The Bertz CT molecular complexity index is 567. The lowest BCUT2D eigenvalue weighted by molar-refractivity contribution is 0.109. The zero-order chi connectivity index (χ0) is 19.0. The molecule has 0 saturated carbocycles. The van der Waals surface area contributed by atoms with Crippen LogP contribution in [0.2, 0.25) is 0 Å². The summed E-state index contributed by atoms with van der Waals surface area (Å²) in [5.74, 6) is 5.72. The zero-order valence-electron chi connectivity index (χ0n) is 15.9. The third-order valence-corrected chi connectivity index (χ3v) is 6.01. The molecule has 1 amide bonds. The van der Waals surface area contributed by atoms with E-state index < -0.39 is 6.09 Å². The smallest absolute Gasteiger partial charge is 0.407 e. The van der Waals surface area contributed by atoms with E-state index in [0.717, 1.165) is 25.7 Å². The van der Waals surface area contributed by atoms with Crippen molar-refractivity contribution in [2.75, 3.05) is 19.8 Å². The van der Waals surface area contributed by atoms with Crippen LogP contribution in [0.5, 0.6) is 0 Å². The van der Waals surface area contributed by atoms with E-state index in [0.29, 0.717) is 19.8 Å². The van der Waals surface area contributed by atoms with Gasteiger partial charge in [0.1, 0.15) is 5.44 Å². The lowest BCUT2D eigenvalue weighted by Gasteiger charge is -2.12. The van der Waals surface area contributed by atoms with Crippen molar-refractivity contribution in [3.8, 4) is 11.8 Å². The van der Waals surface area contributed by atoms with Gasteiger partial charge in [-0.15, -0.1) is 5.92 Å². The molecule has 0 aliphatic carbocycles. The van der Waals surface area contributed by atoms with E-state index in [1.165, 1.54) is 10.5 Å². The number of rotatable bonds is 11. The monoisotopic (exact) mass is 395 g/mol. The molecule has 0 fully saturated rings. The Morgan fingerprint density at radius 1 is 1.15 bits per heavy atom. The third kappa shape index (κ3) is 11.3. The summed E-state index contributed by atoms with van der Waals surface area (Å²) in [5.41, 5.74) is 1.47. The first-order valence-corrected chi connectivity index (χ1v) is 11.3. The van der Waals surface area contributed by atoms with Gasteiger partial charge in [-0.25, -0.2) is 4.79 Å². The third-order valence-electron chi connectivity index (χ3n) is 3.36. The van der Waals surface area contributed by atoms with Crippen LogP contribution in [0.4, 0.5) is 4.79 Å². The van der Waals surface area contributed by atoms with Gasteiger partial charge in [0.05, 0.1) is 13.2 Å². The van der Waals surface area contributed by atoms with Crippen LogP contribution in [0.15, 0.2) is 29.2 Å². The fourth-order valence-corrected chi connectivity index (χ4v) is 3.79. The summed E-state index contributed by atoms with van der Waals surface area (Å²) in [6, 6.07) is 8.64. The van der Waals surface area contributed by atoms with Crippen LogP contribution in [0, 0.1) is 11.8 Å². The van der Waals surface area contributed by atoms with Crippen molar-refractivity contribution in [3.05, 3.63) is 29.8 Å². The molecule has 4 nitrogen and oxygen atoms in total. The molecule has 0 aliphatic heterocycles. The predicted octanol–water partition coefficient (Wildman–Crippen LogP) is 5.27. The maximum absolute atomic E-state index is 11.4. The van der Waals surface area contributed by atoms with Crippen molar-refractivity contribution in [1.29, 1.82) is 0 Å². The van der Waals surface area contributed by atoms with E-state index in [1.54, 1.807) is 21.6 Å². The first kappa shape index (κ1) is 22.8. The van der Waals surface area contributed by atoms with E-state index in [2.05, 4.69) is 55.3 Å². The second-order valence-electron chi connectivity index (χ2n) is 5.52. The number of nitrogens with one attached hydrogen (secondary N) is 1. The molecule has 0 heterocycles. The molecule has 1 aromatic rings. The van der Waals surface area contributed by atoms with Gasteiger partial charge in [0.15, 0.2) is 0 Å². The number of amides is 1. The van der Waals surface area contributed by atoms with Crippen LogP contribution < -0.4 is 5.32 Å². The molecule has 144 valence electrons. The van der Waals surface area contributed by atoms with Gasteiger partial charge in [-0.3, -0.25) is 0 Å². The van der Waals surface area contributed by atoms with Crippen molar-refractivity contribution < 1.29 is 14.3 Å². The zero-order valence-corrected chi connectivity index (χ0v) is 17.5. The average molecular weight is 396 g/mol. The predicted molar refractivity (Wildman–Crippen MR) is 111 cm³/mol. The van der Waals surface area contributed by atoms with Crippen LogP contribution in [0.3, 0.4) is 0 Å². The maximum Gasteiger partial charge on any atom is 0.407 e. The standard InChI is InChI=1S/C20H29NO3S2/c1-4-6-7-14-21-20(22)24-16-9-8-15-23-17(3)25-26-19-12-10-18(5-2)11-13-19/h10-13,17H,4-5,8-9,14-16H2,1-3H3,(H,21,22). The van der Waals surface area contributed by atoms with Crippen molar-refractivity contribution in [3.63, 3.8) is 0 Å². The molecule has 1 atom stereocenters. The second-order valence-corrected chi connectivity index (χ2v) is 8.09. The van der Waals surface area contributed by atoms with E-state index >= 15 is 0 Å². The van der Waals surface area contributed by atoms with Gasteiger partial charge in [0.2, 0.25) is 0 Å². The number of alkyl carbamates (subject to hydrolysis) is 1. The number of carbonyl (C=O) groups is 1. The topological polar surface area (TPSA) is 47.6 Å². The molecule has 0 aliphatic rings. The Morgan fingerprint density at radius 3 is 2.58 bits per heavy atom. The summed E-state index contributed by atoms with van der Waals surface area (Å²) in [6.45, 7) is 7.58. The Balaban J connectivity index is 2.00. The molecular formula is C20H29NO3S2. The Morgan fingerprint density at radius 2 is 1.88 bits per heavy atom. The molecular weight excluding hydrogens is 366 g/mol. The summed E-state index contributed by atoms with van der Waals surface area (Å²) in [5, 5.41) is 2.59. The van der Waals surface area contributed by atoms with E-state index in [4.69, 9.17) is 9.47 Å². The summed E-state index contributed by atoms with van der Waals surface area (Å²) in [4.78, 5) is 12.6. The van der Waals surface area contributed by atoms with Crippen LogP contribution in [0.25, 0.3) is 0 Å². The number of hydrogen-bond donors (Lipinski definition) is 1. The van der Waals surface area contributed by atoms with Crippen LogP contribution in [0.1, 0.15) is 45.6 Å². The lowest BCUT2D eigenvalue weighted by Crippen LogP contribution is -2.25. The molecule has 1 rings (SSSR count). The number of carbonyl (C=O) groups excluding carboxylic acids is 1. The van der Waals surface area contributed by atoms with Crippen LogP contribution in [-0.2, 0) is 15.9 Å². The van der Waals surface area contributed by atoms with Crippen molar-refractivity contribution >= 4 is 27.7 Å². The second kappa shape index (κ2) is 14.8. The normalized spacial score (nSPS) is 11.3. The summed E-state index contributed by atoms with van der Waals surface area (Å²) < 4.78 is 10.8. The molecule has 1 aromatic carbocycles. The van der Waals surface area contributed by atoms with Gasteiger partial charge < -0.3 is 14.8 Å². The largest absolute Gasteiger partial charge is 0.450 e. The SMILES string of the molecule is CCC#CCNC(=O)OCCCCOC(C)SSc1ccc(CC)cc1.